The van der Waals surface area contributed by atoms with Crippen LogP contribution >= 0.6 is 12.2 Å². The molecule has 0 spiro atoms. The molecule has 1 heterocycles. The second kappa shape index (κ2) is 7.40. The van der Waals surface area contributed by atoms with Gasteiger partial charge in [-0.3, -0.25) is 9.59 Å². The van der Waals surface area contributed by atoms with Gasteiger partial charge >= 0.3 is 5.97 Å². The van der Waals surface area contributed by atoms with Crippen molar-refractivity contribution in [2.45, 2.75) is 18.9 Å². The number of nitrogens with zero attached hydrogens (tertiary/aromatic N) is 1. The Hall–Kier alpha value is -2.79. The van der Waals surface area contributed by atoms with Crippen molar-refractivity contribution in [1.29, 1.82) is 5.26 Å². The number of carbonyl (C=O) groups excluding carboxylic acids is 3. The van der Waals surface area contributed by atoms with Crippen LogP contribution in [0.3, 0.4) is 0 Å². The Morgan fingerprint density at radius 2 is 2.04 bits per heavy atom. The Balaban J connectivity index is 2.63. The number of ether oxygens (including phenoxy) is 1. The average Bonchev–Trinajstić information content (AvgIpc) is 2.61. The number of amides is 1. The summed E-state index contributed by atoms with van der Waals surface area (Å²) in [4.78, 5) is 38.0. The van der Waals surface area contributed by atoms with Gasteiger partial charge < -0.3 is 15.4 Å². The fourth-order valence-corrected chi connectivity index (χ4v) is 3.40. The number of carbonyl (C=O) groups is 3. The zero-order valence-electron chi connectivity index (χ0n) is 13.7. The van der Waals surface area contributed by atoms with Crippen molar-refractivity contribution in [1.82, 2.24) is 10.6 Å². The van der Waals surface area contributed by atoms with Crippen LogP contribution in [0.2, 0.25) is 0 Å². The molecule has 0 aromatic heterocycles. The number of esters is 1. The van der Waals surface area contributed by atoms with Crippen LogP contribution in [0.4, 0.5) is 0 Å². The van der Waals surface area contributed by atoms with Gasteiger partial charge in [0.2, 0.25) is 5.91 Å². The van der Waals surface area contributed by atoms with Gasteiger partial charge in [-0.25, -0.2) is 4.79 Å². The summed E-state index contributed by atoms with van der Waals surface area (Å²) < 4.78 is 4.85. The number of nitrogens with one attached hydrogen (secondary N) is 2. The van der Waals surface area contributed by atoms with E-state index in [0.717, 1.165) is 7.11 Å². The third-order valence-electron chi connectivity index (χ3n) is 4.26. The molecule has 130 valence electrons. The zero-order valence-corrected chi connectivity index (χ0v) is 14.6. The zero-order chi connectivity index (χ0) is 18.6. The highest BCUT2D eigenvalue weighted by Crippen LogP contribution is 2.35. The standard InChI is InChI=1S/C17H17N3O4S/c1-3-11(13(21)10-7-5-4-6-8-10)17(15(23)24-2)12(9-18)14(22)19-16(25)20-17/h4-8,11-12H,3H2,1-2H3,(H2,19,20,22,25)/t11-,12-,17-/m1/s1. The topological polar surface area (TPSA) is 108 Å². The summed E-state index contributed by atoms with van der Waals surface area (Å²) in [5.74, 6) is -4.48. The first-order valence-corrected chi connectivity index (χ1v) is 8.03. The predicted octanol–water partition coefficient (Wildman–Crippen LogP) is 0.951. The van der Waals surface area contributed by atoms with Crippen molar-refractivity contribution in [2.24, 2.45) is 11.8 Å². The van der Waals surface area contributed by atoms with Gasteiger partial charge in [-0.15, -0.1) is 0 Å². The minimum atomic E-state index is -1.88. The van der Waals surface area contributed by atoms with E-state index < -0.39 is 29.3 Å². The molecule has 25 heavy (non-hydrogen) atoms. The summed E-state index contributed by atoms with van der Waals surface area (Å²) in [5.41, 5.74) is -1.52. The summed E-state index contributed by atoms with van der Waals surface area (Å²) in [7, 11) is 1.13. The lowest BCUT2D eigenvalue weighted by Crippen LogP contribution is -2.73. The van der Waals surface area contributed by atoms with Gasteiger partial charge in [0.1, 0.15) is 0 Å². The molecular weight excluding hydrogens is 342 g/mol. The SMILES string of the molecule is CC[C@H](C(=O)c1ccccc1)[C@@]1(C(=O)OC)NC(=S)NC(=O)[C@H]1C#N. The summed E-state index contributed by atoms with van der Waals surface area (Å²) >= 11 is 5.00. The van der Waals surface area contributed by atoms with E-state index >= 15 is 0 Å². The quantitative estimate of drug-likeness (QED) is 0.458. The van der Waals surface area contributed by atoms with E-state index in [9.17, 15) is 19.6 Å². The van der Waals surface area contributed by atoms with E-state index in [1.54, 1.807) is 37.3 Å². The monoisotopic (exact) mass is 359 g/mol. The number of methoxy groups -OCH3 is 1. The van der Waals surface area contributed by atoms with Crippen LogP contribution in [0.1, 0.15) is 23.7 Å². The molecule has 1 aromatic carbocycles. The molecule has 1 aromatic rings. The number of rotatable bonds is 5. The molecule has 2 rings (SSSR count). The number of thiocarbonyl (C=S) groups is 1. The Morgan fingerprint density at radius 1 is 1.40 bits per heavy atom. The third-order valence-corrected chi connectivity index (χ3v) is 4.46. The molecular formula is C17H17N3O4S. The smallest absolute Gasteiger partial charge is 0.334 e. The Labute approximate surface area is 150 Å². The van der Waals surface area contributed by atoms with Crippen LogP contribution in [-0.4, -0.2) is 35.4 Å². The fourth-order valence-electron chi connectivity index (χ4n) is 3.13. The van der Waals surface area contributed by atoms with Gasteiger partial charge in [0.15, 0.2) is 22.4 Å². The van der Waals surface area contributed by atoms with Gasteiger partial charge in [-0.05, 0) is 18.6 Å². The molecule has 2 N–H and O–H groups in total. The van der Waals surface area contributed by atoms with Crippen LogP contribution in [-0.2, 0) is 14.3 Å². The Kier molecular flexibility index (Phi) is 5.49. The number of ketones is 1. The lowest BCUT2D eigenvalue weighted by molar-refractivity contribution is -0.155. The molecule has 8 heteroatoms. The fraction of sp³-hybridized carbons (Fsp3) is 0.353. The van der Waals surface area contributed by atoms with E-state index in [1.165, 1.54) is 0 Å². The van der Waals surface area contributed by atoms with E-state index in [-0.39, 0.29) is 17.3 Å². The summed E-state index contributed by atoms with van der Waals surface area (Å²) in [5, 5.41) is 14.4. The molecule has 1 amide bonds. The molecule has 1 aliphatic rings. The van der Waals surface area contributed by atoms with Crippen LogP contribution < -0.4 is 10.6 Å². The van der Waals surface area contributed by atoms with Crippen molar-refractivity contribution in [3.8, 4) is 6.07 Å². The molecule has 0 aliphatic carbocycles. The second-order valence-corrected chi connectivity index (χ2v) is 5.97. The van der Waals surface area contributed by atoms with Gasteiger partial charge in [0.25, 0.3) is 0 Å². The first-order valence-electron chi connectivity index (χ1n) is 7.62. The van der Waals surface area contributed by atoms with Crippen molar-refractivity contribution >= 4 is 35.0 Å². The number of hydrogen-bond donors (Lipinski definition) is 2. The third kappa shape index (κ3) is 3.10. The summed E-state index contributed by atoms with van der Waals surface area (Å²) in [6.45, 7) is 1.70. The molecule has 3 atom stereocenters. The molecule has 1 saturated heterocycles. The van der Waals surface area contributed by atoms with Crippen molar-refractivity contribution < 1.29 is 19.1 Å². The molecule has 0 unspecified atom stereocenters. The Morgan fingerprint density at radius 3 is 2.56 bits per heavy atom. The first-order chi connectivity index (χ1) is 11.9. The molecule has 1 fully saturated rings. The van der Waals surface area contributed by atoms with E-state index in [4.69, 9.17) is 17.0 Å². The minimum Gasteiger partial charge on any atom is -0.467 e. The maximum atomic E-state index is 13.0. The first kappa shape index (κ1) is 18.5. The van der Waals surface area contributed by atoms with Crippen LogP contribution in [0.25, 0.3) is 0 Å². The van der Waals surface area contributed by atoms with Gasteiger partial charge in [-0.2, -0.15) is 5.26 Å². The Bertz CT molecular complexity index is 759. The van der Waals surface area contributed by atoms with Crippen LogP contribution in [0.5, 0.6) is 0 Å². The average molecular weight is 359 g/mol. The van der Waals surface area contributed by atoms with E-state index in [2.05, 4.69) is 10.6 Å². The molecule has 0 saturated carbocycles. The predicted molar refractivity (Wildman–Crippen MR) is 92.3 cm³/mol. The van der Waals surface area contributed by atoms with E-state index in [1.807, 2.05) is 6.07 Å². The lowest BCUT2D eigenvalue weighted by atomic mass is 9.68. The molecule has 7 nitrogen and oxygen atoms in total. The number of Topliss-reactive ketones (excluding diaryl/α,β-unsaturated/α-hetero) is 1. The van der Waals surface area contributed by atoms with Gasteiger partial charge in [0, 0.05) is 5.56 Å². The van der Waals surface area contributed by atoms with Gasteiger partial charge in [0.05, 0.1) is 19.1 Å². The highest BCUT2D eigenvalue weighted by molar-refractivity contribution is 7.80. The van der Waals surface area contributed by atoms with Crippen LogP contribution in [0, 0.1) is 23.2 Å². The van der Waals surface area contributed by atoms with Crippen molar-refractivity contribution in [3.05, 3.63) is 35.9 Å². The maximum Gasteiger partial charge on any atom is 0.334 e. The summed E-state index contributed by atoms with van der Waals surface area (Å²) in [6, 6.07) is 10.2. The second-order valence-electron chi connectivity index (χ2n) is 5.56. The van der Waals surface area contributed by atoms with E-state index in [0.29, 0.717) is 5.56 Å². The lowest BCUT2D eigenvalue weighted by Gasteiger charge is -2.43. The molecule has 0 radical (unpaired) electrons. The van der Waals surface area contributed by atoms with Gasteiger partial charge in [-0.1, -0.05) is 37.3 Å². The maximum absolute atomic E-state index is 13.0. The number of hydrogen-bond acceptors (Lipinski definition) is 6. The molecule has 1 aliphatic heterocycles. The summed E-state index contributed by atoms with van der Waals surface area (Å²) in [6.07, 6.45) is 0.198. The highest BCUT2D eigenvalue weighted by atomic mass is 32.1. The molecule has 0 bridgehead atoms. The number of benzene rings is 1. The number of nitriles is 1. The largest absolute Gasteiger partial charge is 0.467 e. The highest BCUT2D eigenvalue weighted by Gasteiger charge is 2.60. The van der Waals surface area contributed by atoms with Crippen molar-refractivity contribution in [3.63, 3.8) is 0 Å². The minimum absolute atomic E-state index is 0.124. The van der Waals surface area contributed by atoms with Crippen LogP contribution in [0.15, 0.2) is 30.3 Å². The normalized spacial score (nSPS) is 23.6. The van der Waals surface area contributed by atoms with Crippen molar-refractivity contribution in [2.75, 3.05) is 7.11 Å².